The van der Waals surface area contributed by atoms with Gasteiger partial charge >= 0.3 is 5.97 Å². The van der Waals surface area contributed by atoms with E-state index in [9.17, 15) is 4.79 Å². The SMILES string of the molecule is CCOC(=O)C1(c2nn3cc(C)nc3s2)CC1. The van der Waals surface area contributed by atoms with Crippen molar-refractivity contribution < 1.29 is 9.53 Å². The standard InChI is InChI=1S/C11H13N3O2S/c1-3-16-9(15)11(4-5-11)8-13-14-6-7(2)12-10(14)17-8/h6H,3-5H2,1-2H3. The predicted molar refractivity (Wildman–Crippen MR) is 63.1 cm³/mol. The van der Waals surface area contributed by atoms with Gasteiger partial charge in [-0.2, -0.15) is 5.10 Å². The molecule has 0 bridgehead atoms. The summed E-state index contributed by atoms with van der Waals surface area (Å²) in [5, 5.41) is 5.27. The molecule has 90 valence electrons. The minimum atomic E-state index is -0.477. The third-order valence-corrected chi connectivity index (χ3v) is 4.12. The molecule has 0 unspecified atom stereocenters. The summed E-state index contributed by atoms with van der Waals surface area (Å²) in [7, 11) is 0. The highest BCUT2D eigenvalue weighted by Crippen LogP contribution is 2.50. The van der Waals surface area contributed by atoms with Gasteiger partial charge in [-0.1, -0.05) is 11.3 Å². The molecule has 5 nitrogen and oxygen atoms in total. The van der Waals surface area contributed by atoms with E-state index in [1.807, 2.05) is 20.0 Å². The minimum absolute atomic E-state index is 0.145. The summed E-state index contributed by atoms with van der Waals surface area (Å²) in [6.45, 7) is 4.17. The van der Waals surface area contributed by atoms with E-state index in [-0.39, 0.29) is 5.97 Å². The molecule has 1 fully saturated rings. The maximum Gasteiger partial charge on any atom is 0.319 e. The molecule has 0 N–H and O–H groups in total. The minimum Gasteiger partial charge on any atom is -0.465 e. The molecule has 2 aromatic heterocycles. The molecule has 0 amide bonds. The van der Waals surface area contributed by atoms with E-state index >= 15 is 0 Å². The second-order valence-electron chi connectivity index (χ2n) is 4.32. The van der Waals surface area contributed by atoms with Crippen LogP contribution >= 0.6 is 11.3 Å². The number of imidazole rings is 1. The number of fused-ring (bicyclic) bond motifs is 1. The molecule has 2 aromatic rings. The summed E-state index contributed by atoms with van der Waals surface area (Å²) >= 11 is 1.48. The Morgan fingerprint density at radius 3 is 3.00 bits per heavy atom. The number of ether oxygens (including phenoxy) is 1. The van der Waals surface area contributed by atoms with Crippen molar-refractivity contribution in [3.8, 4) is 0 Å². The number of nitrogens with zero attached hydrogens (tertiary/aromatic N) is 3. The third kappa shape index (κ3) is 1.55. The molecule has 0 aromatic carbocycles. The smallest absolute Gasteiger partial charge is 0.319 e. The summed E-state index contributed by atoms with van der Waals surface area (Å²) in [6, 6.07) is 0. The van der Waals surface area contributed by atoms with E-state index in [4.69, 9.17) is 4.74 Å². The van der Waals surface area contributed by atoms with Gasteiger partial charge in [-0.05, 0) is 26.7 Å². The molecule has 1 aliphatic carbocycles. The molecule has 0 radical (unpaired) electrons. The molecule has 2 heterocycles. The van der Waals surface area contributed by atoms with Crippen LogP contribution in [0.3, 0.4) is 0 Å². The van der Waals surface area contributed by atoms with Gasteiger partial charge in [0.1, 0.15) is 10.4 Å². The molecule has 1 aliphatic rings. The fourth-order valence-corrected chi connectivity index (χ4v) is 3.06. The number of rotatable bonds is 3. The van der Waals surface area contributed by atoms with Gasteiger partial charge in [0.05, 0.1) is 18.5 Å². The highest BCUT2D eigenvalue weighted by molar-refractivity contribution is 7.17. The van der Waals surface area contributed by atoms with Gasteiger partial charge in [-0.3, -0.25) is 4.79 Å². The van der Waals surface area contributed by atoms with E-state index < -0.39 is 5.41 Å². The lowest BCUT2D eigenvalue weighted by Crippen LogP contribution is -2.23. The molecule has 17 heavy (non-hydrogen) atoms. The molecular formula is C11H13N3O2S. The first kappa shape index (κ1) is 10.7. The predicted octanol–water partition coefficient (Wildman–Crippen LogP) is 1.69. The number of esters is 1. The lowest BCUT2D eigenvalue weighted by molar-refractivity contribution is -0.146. The summed E-state index contributed by atoms with van der Waals surface area (Å²) in [5.41, 5.74) is 0.464. The number of carbonyl (C=O) groups excluding carboxylic acids is 1. The van der Waals surface area contributed by atoms with Crippen LogP contribution in [-0.4, -0.2) is 27.2 Å². The summed E-state index contributed by atoms with van der Waals surface area (Å²) in [6.07, 6.45) is 3.54. The van der Waals surface area contributed by atoms with E-state index in [0.717, 1.165) is 28.5 Å². The number of aryl methyl sites for hydroxylation is 1. The zero-order valence-corrected chi connectivity index (χ0v) is 10.6. The second-order valence-corrected chi connectivity index (χ2v) is 5.28. The maximum absolute atomic E-state index is 11.9. The topological polar surface area (TPSA) is 56.5 Å². The molecular weight excluding hydrogens is 238 g/mol. The second kappa shape index (κ2) is 3.53. The summed E-state index contributed by atoms with van der Waals surface area (Å²) in [4.78, 5) is 17.1. The summed E-state index contributed by atoms with van der Waals surface area (Å²) < 4.78 is 6.86. The highest BCUT2D eigenvalue weighted by atomic mass is 32.1. The van der Waals surface area contributed by atoms with Crippen molar-refractivity contribution >= 4 is 22.3 Å². The molecule has 0 atom stereocenters. The van der Waals surface area contributed by atoms with Crippen LogP contribution in [0.15, 0.2) is 6.20 Å². The fourth-order valence-electron chi connectivity index (χ4n) is 1.90. The highest BCUT2D eigenvalue weighted by Gasteiger charge is 2.55. The van der Waals surface area contributed by atoms with Gasteiger partial charge in [-0.25, -0.2) is 9.50 Å². The van der Waals surface area contributed by atoms with Crippen LogP contribution in [0.2, 0.25) is 0 Å². The van der Waals surface area contributed by atoms with Crippen LogP contribution < -0.4 is 0 Å². The van der Waals surface area contributed by atoms with Crippen molar-refractivity contribution in [2.75, 3.05) is 6.61 Å². The first-order valence-corrected chi connectivity index (χ1v) is 6.48. The van der Waals surface area contributed by atoms with Crippen LogP contribution in [0.1, 0.15) is 30.5 Å². The zero-order valence-electron chi connectivity index (χ0n) is 9.77. The maximum atomic E-state index is 11.9. The van der Waals surface area contributed by atoms with Crippen molar-refractivity contribution in [3.63, 3.8) is 0 Å². The monoisotopic (exact) mass is 251 g/mol. The van der Waals surface area contributed by atoms with Crippen molar-refractivity contribution in [2.45, 2.75) is 32.1 Å². The zero-order chi connectivity index (χ0) is 12.0. The lowest BCUT2D eigenvalue weighted by Gasteiger charge is -2.09. The van der Waals surface area contributed by atoms with Gasteiger partial charge in [0.25, 0.3) is 0 Å². The van der Waals surface area contributed by atoms with Crippen LogP contribution in [0.5, 0.6) is 0 Å². The quantitative estimate of drug-likeness (QED) is 0.779. The van der Waals surface area contributed by atoms with Gasteiger partial charge in [0.2, 0.25) is 4.96 Å². The van der Waals surface area contributed by atoms with Crippen molar-refractivity contribution in [1.29, 1.82) is 0 Å². The Kier molecular flexibility index (Phi) is 2.22. The van der Waals surface area contributed by atoms with Crippen LogP contribution in [0.25, 0.3) is 4.96 Å². The number of hydrogen-bond acceptors (Lipinski definition) is 5. The van der Waals surface area contributed by atoms with Crippen LogP contribution in [0, 0.1) is 6.92 Å². The van der Waals surface area contributed by atoms with E-state index in [1.165, 1.54) is 11.3 Å². The average molecular weight is 251 g/mol. The van der Waals surface area contributed by atoms with Gasteiger partial charge in [0, 0.05) is 0 Å². The van der Waals surface area contributed by atoms with Crippen molar-refractivity contribution in [2.24, 2.45) is 0 Å². The Balaban J connectivity index is 1.97. The van der Waals surface area contributed by atoms with Crippen LogP contribution in [0.4, 0.5) is 0 Å². The Hall–Kier alpha value is -1.43. The van der Waals surface area contributed by atoms with Crippen molar-refractivity contribution in [1.82, 2.24) is 14.6 Å². The van der Waals surface area contributed by atoms with Gasteiger partial charge in [-0.15, -0.1) is 0 Å². The lowest BCUT2D eigenvalue weighted by atomic mass is 10.1. The van der Waals surface area contributed by atoms with Crippen molar-refractivity contribution in [3.05, 3.63) is 16.9 Å². The Morgan fingerprint density at radius 1 is 1.65 bits per heavy atom. The number of carbonyl (C=O) groups is 1. The molecule has 0 saturated heterocycles. The van der Waals surface area contributed by atoms with Crippen LogP contribution in [-0.2, 0) is 14.9 Å². The number of aromatic nitrogens is 3. The van der Waals surface area contributed by atoms with E-state index in [0.29, 0.717) is 6.61 Å². The van der Waals surface area contributed by atoms with Gasteiger partial charge in [0.15, 0.2) is 0 Å². The fraction of sp³-hybridized carbons (Fsp3) is 0.545. The first-order chi connectivity index (χ1) is 8.15. The van der Waals surface area contributed by atoms with E-state index in [1.54, 1.807) is 4.52 Å². The first-order valence-electron chi connectivity index (χ1n) is 5.66. The Bertz CT molecular complexity index is 551. The van der Waals surface area contributed by atoms with Gasteiger partial charge < -0.3 is 4.74 Å². The Labute approximate surface area is 102 Å². The molecule has 3 rings (SSSR count). The summed E-state index contributed by atoms with van der Waals surface area (Å²) in [5.74, 6) is -0.145. The van der Waals surface area contributed by atoms with E-state index in [2.05, 4.69) is 10.1 Å². The average Bonchev–Trinajstić information content (AvgIpc) is 2.89. The largest absolute Gasteiger partial charge is 0.465 e. The molecule has 0 spiro atoms. The molecule has 0 aliphatic heterocycles. The molecule has 6 heteroatoms. The molecule has 1 saturated carbocycles. The normalized spacial score (nSPS) is 17.3. The third-order valence-electron chi connectivity index (χ3n) is 2.99. The number of hydrogen-bond donors (Lipinski definition) is 0. The Morgan fingerprint density at radius 2 is 2.41 bits per heavy atom.